The summed E-state index contributed by atoms with van der Waals surface area (Å²) in [7, 11) is 0. The largest absolute Gasteiger partial charge is 0.439 e. The van der Waals surface area contributed by atoms with Crippen LogP contribution in [0.3, 0.4) is 0 Å². The van der Waals surface area contributed by atoms with Crippen molar-refractivity contribution in [1.29, 1.82) is 0 Å². The van der Waals surface area contributed by atoms with Gasteiger partial charge in [-0.25, -0.2) is 0 Å². The van der Waals surface area contributed by atoms with Crippen molar-refractivity contribution in [1.82, 2.24) is 9.13 Å². The van der Waals surface area contributed by atoms with Crippen molar-refractivity contribution in [3.63, 3.8) is 0 Å². The maximum atomic E-state index is 6.48. The number of aromatic nitrogens is 2. The number of furan rings is 1. The summed E-state index contributed by atoms with van der Waals surface area (Å²) in [5.41, 5.74) is 9.91. The highest BCUT2D eigenvalue weighted by Crippen LogP contribution is 2.39. The van der Waals surface area contributed by atoms with Gasteiger partial charge in [-0.05, 0) is 59.7 Å². The van der Waals surface area contributed by atoms with Crippen LogP contribution in [0.15, 0.2) is 150 Å². The summed E-state index contributed by atoms with van der Waals surface area (Å²) in [4.78, 5) is 0. The quantitative estimate of drug-likeness (QED) is 0.225. The molecule has 0 unspecified atom stereocenters. The second-order valence-corrected chi connectivity index (χ2v) is 10.6. The summed E-state index contributed by atoms with van der Waals surface area (Å²) >= 11 is 0. The van der Waals surface area contributed by atoms with E-state index in [-0.39, 0.29) is 0 Å². The number of hydrogen-bond donors (Lipinski definition) is 0. The molecule has 0 N–H and O–H groups in total. The molecule has 3 heteroatoms. The van der Waals surface area contributed by atoms with Gasteiger partial charge in [0.25, 0.3) is 0 Å². The van der Waals surface area contributed by atoms with Crippen molar-refractivity contribution in [2.45, 2.75) is 0 Å². The predicted octanol–water partition coefficient (Wildman–Crippen LogP) is 10.3. The summed E-state index contributed by atoms with van der Waals surface area (Å²) < 4.78 is 11.1. The molecule has 0 aliphatic rings. The van der Waals surface area contributed by atoms with Gasteiger partial charge in [0, 0.05) is 32.9 Å². The van der Waals surface area contributed by atoms with Gasteiger partial charge in [0.2, 0.25) is 5.71 Å². The minimum Gasteiger partial charge on any atom is -0.439 e. The molecule has 3 nitrogen and oxygen atoms in total. The number of rotatable bonds is 3. The Hall–Kier alpha value is -5.54. The molecule has 0 fully saturated rings. The lowest BCUT2D eigenvalue weighted by Crippen LogP contribution is -1.95. The summed E-state index contributed by atoms with van der Waals surface area (Å²) in [6.45, 7) is 0. The maximum absolute atomic E-state index is 6.48. The topological polar surface area (TPSA) is 23.0 Å². The fraction of sp³-hybridized carbons (Fsp3) is 0. The van der Waals surface area contributed by atoms with E-state index in [1.54, 1.807) is 0 Å². The Balaban J connectivity index is 1.24. The van der Waals surface area contributed by atoms with Crippen LogP contribution in [0, 0.1) is 0 Å². The first-order chi connectivity index (χ1) is 20.3. The molecule has 0 saturated heterocycles. The minimum atomic E-state index is 0.878. The zero-order chi connectivity index (χ0) is 26.9. The first-order valence-corrected chi connectivity index (χ1v) is 14.0. The van der Waals surface area contributed by atoms with Crippen molar-refractivity contribution in [2.24, 2.45) is 0 Å². The molecule has 9 rings (SSSR count). The van der Waals surface area contributed by atoms with E-state index in [2.05, 4.69) is 143 Å². The van der Waals surface area contributed by atoms with Crippen LogP contribution in [0.25, 0.3) is 77.3 Å². The Bertz CT molecular complexity index is 2380. The molecule has 6 aromatic carbocycles. The SMILES string of the molecule is c1cc(-c2cccc(-n3c4ccccc4c4c5ccccc5oc43)c2)cc(-n2c3ccccc3c3ccccc32)c1. The molecule has 41 heavy (non-hydrogen) atoms. The molecule has 0 spiro atoms. The molecule has 9 aromatic rings. The summed E-state index contributed by atoms with van der Waals surface area (Å²) in [5.74, 6) is 0. The summed E-state index contributed by atoms with van der Waals surface area (Å²) in [6, 6.07) is 51.8. The van der Waals surface area contributed by atoms with Crippen molar-refractivity contribution < 1.29 is 4.42 Å². The molecule has 0 aliphatic carbocycles. The molecular formula is C38H24N2O. The zero-order valence-corrected chi connectivity index (χ0v) is 22.2. The molecule has 0 aliphatic heterocycles. The number of nitrogens with zero attached hydrogens (tertiary/aromatic N) is 2. The van der Waals surface area contributed by atoms with E-state index >= 15 is 0 Å². The van der Waals surface area contributed by atoms with Crippen molar-refractivity contribution in [3.8, 4) is 22.5 Å². The Labute approximate surface area is 236 Å². The van der Waals surface area contributed by atoms with Gasteiger partial charge >= 0.3 is 0 Å². The van der Waals surface area contributed by atoms with Gasteiger partial charge in [-0.3, -0.25) is 4.57 Å². The van der Waals surface area contributed by atoms with E-state index < -0.39 is 0 Å². The Morgan fingerprint density at radius 1 is 0.390 bits per heavy atom. The first-order valence-electron chi connectivity index (χ1n) is 14.0. The number of fused-ring (bicyclic) bond motifs is 8. The molecule has 3 aromatic heterocycles. The van der Waals surface area contributed by atoms with Gasteiger partial charge in [0.05, 0.1) is 21.9 Å². The van der Waals surface area contributed by atoms with Crippen LogP contribution in [0.5, 0.6) is 0 Å². The van der Waals surface area contributed by atoms with Gasteiger partial charge in [-0.1, -0.05) is 97.1 Å². The highest BCUT2D eigenvalue weighted by Gasteiger charge is 2.19. The number of benzene rings is 6. The normalized spacial score (nSPS) is 11.9. The monoisotopic (exact) mass is 524 g/mol. The lowest BCUT2D eigenvalue weighted by Gasteiger charge is -2.12. The third-order valence-corrected chi connectivity index (χ3v) is 8.32. The fourth-order valence-corrected chi connectivity index (χ4v) is 6.55. The van der Waals surface area contributed by atoms with Crippen LogP contribution in [0.4, 0.5) is 0 Å². The van der Waals surface area contributed by atoms with Crippen LogP contribution in [-0.2, 0) is 0 Å². The zero-order valence-electron chi connectivity index (χ0n) is 22.2. The standard InChI is InChI=1S/C38H24N2O/c1-5-19-33-29(15-1)30-16-2-6-20-34(30)39(33)27-13-9-11-25(23-27)26-12-10-14-28(24-26)40-35-21-7-3-17-31(35)37-32-18-4-8-22-36(32)41-38(37)40/h1-24H. The molecule has 0 radical (unpaired) electrons. The van der Waals surface area contributed by atoms with Gasteiger partial charge in [0.1, 0.15) is 5.58 Å². The van der Waals surface area contributed by atoms with Crippen LogP contribution in [-0.4, -0.2) is 9.13 Å². The molecule has 0 amide bonds. The smallest absolute Gasteiger partial charge is 0.213 e. The number of hydrogen-bond acceptors (Lipinski definition) is 1. The van der Waals surface area contributed by atoms with Crippen LogP contribution in [0.2, 0.25) is 0 Å². The molecule has 0 atom stereocenters. The Morgan fingerprint density at radius 3 is 1.51 bits per heavy atom. The van der Waals surface area contributed by atoms with E-state index in [0.717, 1.165) is 44.5 Å². The Kier molecular flexibility index (Phi) is 4.61. The molecular weight excluding hydrogens is 500 g/mol. The van der Waals surface area contributed by atoms with Crippen LogP contribution >= 0.6 is 0 Å². The van der Waals surface area contributed by atoms with E-state index in [1.165, 1.54) is 32.8 Å². The Morgan fingerprint density at radius 2 is 0.878 bits per heavy atom. The van der Waals surface area contributed by atoms with E-state index in [0.29, 0.717) is 0 Å². The second-order valence-electron chi connectivity index (χ2n) is 10.6. The highest BCUT2D eigenvalue weighted by molar-refractivity contribution is 6.20. The fourth-order valence-electron chi connectivity index (χ4n) is 6.55. The highest BCUT2D eigenvalue weighted by atomic mass is 16.3. The molecule has 0 saturated carbocycles. The van der Waals surface area contributed by atoms with Crippen molar-refractivity contribution in [3.05, 3.63) is 146 Å². The minimum absolute atomic E-state index is 0.878. The maximum Gasteiger partial charge on any atom is 0.213 e. The summed E-state index contributed by atoms with van der Waals surface area (Å²) in [5, 5.41) is 6.04. The van der Waals surface area contributed by atoms with Gasteiger partial charge in [-0.2, -0.15) is 0 Å². The average Bonchev–Trinajstić information content (AvgIpc) is 3.68. The third-order valence-electron chi connectivity index (χ3n) is 8.32. The molecule has 192 valence electrons. The second kappa shape index (κ2) is 8.48. The van der Waals surface area contributed by atoms with Crippen molar-refractivity contribution in [2.75, 3.05) is 0 Å². The van der Waals surface area contributed by atoms with Crippen LogP contribution < -0.4 is 0 Å². The lowest BCUT2D eigenvalue weighted by atomic mass is 10.0. The summed E-state index contributed by atoms with van der Waals surface area (Å²) in [6.07, 6.45) is 0. The van der Waals surface area contributed by atoms with Crippen LogP contribution in [0.1, 0.15) is 0 Å². The van der Waals surface area contributed by atoms with E-state index in [1.807, 2.05) is 12.1 Å². The average molecular weight is 525 g/mol. The first kappa shape index (κ1) is 22.3. The van der Waals surface area contributed by atoms with E-state index in [9.17, 15) is 0 Å². The molecule has 0 bridgehead atoms. The molecule has 3 heterocycles. The van der Waals surface area contributed by atoms with Crippen molar-refractivity contribution >= 4 is 54.8 Å². The third kappa shape index (κ3) is 3.20. The van der Waals surface area contributed by atoms with Gasteiger partial charge in [0.15, 0.2) is 0 Å². The van der Waals surface area contributed by atoms with Gasteiger partial charge in [-0.15, -0.1) is 0 Å². The van der Waals surface area contributed by atoms with E-state index in [4.69, 9.17) is 4.42 Å². The number of para-hydroxylation sites is 4. The van der Waals surface area contributed by atoms with Gasteiger partial charge < -0.3 is 8.98 Å². The predicted molar refractivity (Wildman–Crippen MR) is 170 cm³/mol. The lowest BCUT2D eigenvalue weighted by molar-refractivity contribution is 0.645.